The van der Waals surface area contributed by atoms with Crippen molar-refractivity contribution in [2.24, 2.45) is 5.84 Å². The van der Waals surface area contributed by atoms with Crippen molar-refractivity contribution in [3.05, 3.63) is 67.6 Å². The van der Waals surface area contributed by atoms with Gasteiger partial charge in [-0.25, -0.2) is 0 Å². The molecule has 2 rings (SSSR count). The average Bonchev–Trinajstić information content (AvgIpc) is 2.39. The van der Waals surface area contributed by atoms with Crippen LogP contribution < -0.4 is 11.3 Å². The molecule has 1 unspecified atom stereocenters. The number of halogens is 2. The Kier molecular flexibility index (Phi) is 5.44. The molecular formula is C17H20BrClN2. The number of hydrogen-bond acceptors (Lipinski definition) is 2. The summed E-state index contributed by atoms with van der Waals surface area (Å²) >= 11 is 9.58. The van der Waals surface area contributed by atoms with Crippen LogP contribution in [0.4, 0.5) is 0 Å². The minimum Gasteiger partial charge on any atom is -0.271 e. The van der Waals surface area contributed by atoms with Crippen LogP contribution in [-0.4, -0.2) is 0 Å². The second-order valence-electron chi connectivity index (χ2n) is 5.47. The molecule has 0 bridgehead atoms. The second-order valence-corrected chi connectivity index (χ2v) is 6.76. The molecule has 0 heterocycles. The minimum atomic E-state index is 0.0387. The molecule has 0 aliphatic rings. The van der Waals surface area contributed by atoms with Crippen LogP contribution in [0.3, 0.4) is 0 Å². The molecule has 0 aromatic heterocycles. The molecular weight excluding hydrogens is 348 g/mol. The molecule has 0 amide bonds. The molecule has 0 aliphatic carbocycles. The van der Waals surface area contributed by atoms with Crippen LogP contribution in [0, 0.1) is 20.8 Å². The van der Waals surface area contributed by atoms with E-state index in [2.05, 4.69) is 54.3 Å². The average molecular weight is 368 g/mol. The van der Waals surface area contributed by atoms with Crippen LogP contribution in [0.25, 0.3) is 0 Å². The number of hydrogen-bond donors (Lipinski definition) is 2. The summed E-state index contributed by atoms with van der Waals surface area (Å²) in [4.78, 5) is 0. The molecule has 0 saturated heterocycles. The second kappa shape index (κ2) is 6.93. The summed E-state index contributed by atoms with van der Waals surface area (Å²) in [6, 6.07) is 10.3. The van der Waals surface area contributed by atoms with E-state index in [1.54, 1.807) is 0 Å². The van der Waals surface area contributed by atoms with Gasteiger partial charge in [-0.05, 0) is 61.6 Å². The highest BCUT2D eigenvalue weighted by molar-refractivity contribution is 9.10. The molecule has 0 radical (unpaired) electrons. The maximum absolute atomic E-state index is 6.01. The Labute approximate surface area is 139 Å². The summed E-state index contributed by atoms with van der Waals surface area (Å²) in [5, 5.41) is 0.712. The largest absolute Gasteiger partial charge is 0.271 e. The van der Waals surface area contributed by atoms with Crippen molar-refractivity contribution in [3.8, 4) is 0 Å². The van der Waals surface area contributed by atoms with Crippen LogP contribution in [-0.2, 0) is 6.42 Å². The Morgan fingerprint density at radius 3 is 2.29 bits per heavy atom. The Balaban J connectivity index is 2.36. The fourth-order valence-corrected chi connectivity index (χ4v) is 3.74. The zero-order valence-corrected chi connectivity index (χ0v) is 14.8. The van der Waals surface area contributed by atoms with Crippen molar-refractivity contribution >= 4 is 27.5 Å². The zero-order valence-electron chi connectivity index (χ0n) is 12.5. The molecule has 2 aromatic carbocycles. The first kappa shape index (κ1) is 16.5. The summed E-state index contributed by atoms with van der Waals surface area (Å²) in [5.41, 5.74) is 9.27. The lowest BCUT2D eigenvalue weighted by Crippen LogP contribution is -2.30. The van der Waals surface area contributed by atoms with E-state index in [1.165, 1.54) is 22.3 Å². The lowest BCUT2D eigenvalue weighted by molar-refractivity contribution is 0.547. The van der Waals surface area contributed by atoms with Gasteiger partial charge >= 0.3 is 0 Å². The normalized spacial score (nSPS) is 12.5. The van der Waals surface area contributed by atoms with Gasteiger partial charge in [0.15, 0.2) is 0 Å². The third-order valence-corrected chi connectivity index (χ3v) is 4.71. The van der Waals surface area contributed by atoms with Gasteiger partial charge in [-0.3, -0.25) is 11.3 Å². The van der Waals surface area contributed by atoms with E-state index in [9.17, 15) is 0 Å². The molecule has 21 heavy (non-hydrogen) atoms. The molecule has 0 spiro atoms. The number of hydrazine groups is 1. The molecule has 0 aliphatic heterocycles. The van der Waals surface area contributed by atoms with E-state index >= 15 is 0 Å². The van der Waals surface area contributed by atoms with Crippen LogP contribution in [0.2, 0.25) is 5.02 Å². The molecule has 0 saturated carbocycles. The number of rotatable bonds is 4. The highest BCUT2D eigenvalue weighted by Gasteiger charge is 2.16. The van der Waals surface area contributed by atoms with E-state index in [4.69, 9.17) is 17.4 Å². The quantitative estimate of drug-likeness (QED) is 0.603. The molecule has 3 N–H and O–H groups in total. The van der Waals surface area contributed by atoms with Crippen molar-refractivity contribution in [3.63, 3.8) is 0 Å². The van der Waals surface area contributed by atoms with E-state index in [0.717, 1.165) is 16.5 Å². The van der Waals surface area contributed by atoms with Gasteiger partial charge in [0.2, 0.25) is 0 Å². The fourth-order valence-electron chi connectivity index (χ4n) is 2.78. The molecule has 4 heteroatoms. The number of nitrogens with two attached hydrogens (primary N) is 1. The minimum absolute atomic E-state index is 0.0387. The SMILES string of the molecule is Cc1cc(C)c(CC(NN)c2ccc(Cl)cc2Br)c(C)c1. The molecule has 112 valence electrons. The lowest BCUT2D eigenvalue weighted by atomic mass is 9.92. The summed E-state index contributed by atoms with van der Waals surface area (Å²) in [6.45, 7) is 6.43. The molecule has 2 nitrogen and oxygen atoms in total. The Morgan fingerprint density at radius 1 is 1.14 bits per heavy atom. The maximum atomic E-state index is 6.01. The summed E-state index contributed by atoms with van der Waals surface area (Å²) in [6.07, 6.45) is 0.842. The first-order valence-electron chi connectivity index (χ1n) is 6.90. The van der Waals surface area contributed by atoms with E-state index in [1.807, 2.05) is 18.2 Å². The van der Waals surface area contributed by atoms with Crippen LogP contribution >= 0.6 is 27.5 Å². The Hall–Kier alpha value is -0.870. The smallest absolute Gasteiger partial charge is 0.0511 e. The van der Waals surface area contributed by atoms with E-state index in [0.29, 0.717) is 5.02 Å². The van der Waals surface area contributed by atoms with Gasteiger partial charge in [0.1, 0.15) is 0 Å². The van der Waals surface area contributed by atoms with Crippen molar-refractivity contribution < 1.29 is 0 Å². The number of nitrogens with one attached hydrogen (secondary N) is 1. The van der Waals surface area contributed by atoms with Gasteiger partial charge in [-0.1, -0.05) is 51.3 Å². The summed E-state index contributed by atoms with van der Waals surface area (Å²) in [7, 11) is 0. The number of aryl methyl sites for hydroxylation is 3. The maximum Gasteiger partial charge on any atom is 0.0511 e. The van der Waals surface area contributed by atoms with Crippen molar-refractivity contribution in [1.29, 1.82) is 0 Å². The third kappa shape index (κ3) is 3.86. The Bertz CT molecular complexity index is 632. The van der Waals surface area contributed by atoms with E-state index < -0.39 is 0 Å². The summed E-state index contributed by atoms with van der Waals surface area (Å²) < 4.78 is 0.973. The topological polar surface area (TPSA) is 38.0 Å². The fraction of sp³-hybridized carbons (Fsp3) is 0.294. The number of benzene rings is 2. The first-order valence-corrected chi connectivity index (χ1v) is 8.07. The lowest BCUT2D eigenvalue weighted by Gasteiger charge is -2.21. The highest BCUT2D eigenvalue weighted by atomic mass is 79.9. The van der Waals surface area contributed by atoms with Crippen LogP contribution in [0.5, 0.6) is 0 Å². The predicted molar refractivity (Wildman–Crippen MR) is 93.6 cm³/mol. The predicted octanol–water partition coefficient (Wildman–Crippen LogP) is 4.77. The van der Waals surface area contributed by atoms with Gasteiger partial charge < -0.3 is 0 Å². The van der Waals surface area contributed by atoms with Gasteiger partial charge in [-0.2, -0.15) is 0 Å². The third-order valence-electron chi connectivity index (χ3n) is 3.79. The van der Waals surface area contributed by atoms with Gasteiger partial charge in [0.25, 0.3) is 0 Å². The van der Waals surface area contributed by atoms with Crippen LogP contribution in [0.1, 0.15) is 33.9 Å². The van der Waals surface area contributed by atoms with Gasteiger partial charge in [-0.15, -0.1) is 0 Å². The van der Waals surface area contributed by atoms with Crippen molar-refractivity contribution in [1.82, 2.24) is 5.43 Å². The van der Waals surface area contributed by atoms with E-state index in [-0.39, 0.29) is 6.04 Å². The highest BCUT2D eigenvalue weighted by Crippen LogP contribution is 2.30. The zero-order chi connectivity index (χ0) is 15.6. The molecule has 0 fully saturated rings. The van der Waals surface area contributed by atoms with Gasteiger partial charge in [0, 0.05) is 9.50 Å². The van der Waals surface area contributed by atoms with Crippen LogP contribution in [0.15, 0.2) is 34.8 Å². The summed E-state index contributed by atoms with van der Waals surface area (Å²) in [5.74, 6) is 5.79. The van der Waals surface area contributed by atoms with Gasteiger partial charge in [0.05, 0.1) is 6.04 Å². The molecule has 2 aromatic rings. The van der Waals surface area contributed by atoms with Crippen molar-refractivity contribution in [2.45, 2.75) is 33.2 Å². The monoisotopic (exact) mass is 366 g/mol. The Morgan fingerprint density at radius 2 is 1.76 bits per heavy atom. The molecule has 1 atom stereocenters. The standard InChI is InChI=1S/C17H20BrClN2/c1-10-6-11(2)15(12(3)7-10)9-17(21-20)14-5-4-13(19)8-16(14)18/h4-8,17,21H,9,20H2,1-3H3. The van der Waals surface area contributed by atoms with Crippen molar-refractivity contribution in [2.75, 3.05) is 0 Å². The first-order chi connectivity index (χ1) is 9.92.